The summed E-state index contributed by atoms with van der Waals surface area (Å²) in [6.07, 6.45) is 27.2. The van der Waals surface area contributed by atoms with Gasteiger partial charge in [-0.1, -0.05) is 77.6 Å². The van der Waals surface area contributed by atoms with Gasteiger partial charge >= 0.3 is 0 Å². The van der Waals surface area contributed by atoms with Crippen LogP contribution >= 0.6 is 0 Å². The van der Waals surface area contributed by atoms with Crippen LogP contribution in [0.1, 0.15) is 122 Å². The summed E-state index contributed by atoms with van der Waals surface area (Å²) in [4.78, 5) is 5.86. The minimum Gasteiger partial charge on any atom is -0.285 e. The van der Waals surface area contributed by atoms with Crippen molar-refractivity contribution in [1.29, 1.82) is 0 Å². The van der Waals surface area contributed by atoms with Crippen LogP contribution in [0.4, 0.5) is 0 Å². The summed E-state index contributed by atoms with van der Waals surface area (Å²) in [7, 11) is 0. The van der Waals surface area contributed by atoms with Crippen molar-refractivity contribution >= 4 is 0 Å². The molecule has 0 aromatic heterocycles. The first kappa shape index (κ1) is 20.6. The second kappa shape index (κ2) is 11.7. The molecule has 3 aliphatic heterocycles. The van der Waals surface area contributed by atoms with Gasteiger partial charge < -0.3 is 0 Å². The fourth-order valence-electron chi connectivity index (χ4n) is 5.99. The summed E-state index contributed by atoms with van der Waals surface area (Å²) in [5.74, 6) is 0. The molecule has 0 aromatic rings. The second-order valence-electron chi connectivity index (χ2n) is 9.46. The Morgan fingerprint density at radius 2 is 1.27 bits per heavy atom. The van der Waals surface area contributed by atoms with Crippen molar-refractivity contribution in [3.63, 3.8) is 0 Å². The Kier molecular flexibility index (Phi) is 9.29. The molecule has 152 valence electrons. The molecule has 0 spiro atoms. The molecule has 3 atom stereocenters. The van der Waals surface area contributed by atoms with Crippen LogP contribution in [-0.4, -0.2) is 41.1 Å². The van der Waals surface area contributed by atoms with Crippen LogP contribution in [0.25, 0.3) is 0 Å². The lowest BCUT2D eigenvalue weighted by Gasteiger charge is -2.56. The van der Waals surface area contributed by atoms with Crippen LogP contribution in [0.5, 0.6) is 0 Å². The predicted octanol–water partition coefficient (Wildman–Crippen LogP) is 6.74. The maximum atomic E-state index is 2.94. The van der Waals surface area contributed by atoms with Gasteiger partial charge in [-0.2, -0.15) is 0 Å². The van der Waals surface area contributed by atoms with Crippen LogP contribution in [-0.2, 0) is 0 Å². The SMILES string of the molecule is CCCCCCCCCCCC[C@@H]1C[C@H]2CCCCN2[C@@H]2CCCCN12. The van der Waals surface area contributed by atoms with Crippen molar-refractivity contribution in [2.75, 3.05) is 13.1 Å². The first-order valence-electron chi connectivity index (χ1n) is 12.4. The van der Waals surface area contributed by atoms with Crippen LogP contribution in [0, 0.1) is 0 Å². The number of piperidine rings is 2. The lowest BCUT2D eigenvalue weighted by atomic mass is 9.86. The van der Waals surface area contributed by atoms with Crippen molar-refractivity contribution in [2.45, 2.75) is 141 Å². The molecular weight excluding hydrogens is 316 g/mol. The van der Waals surface area contributed by atoms with Crippen molar-refractivity contribution in [1.82, 2.24) is 9.80 Å². The topological polar surface area (TPSA) is 6.48 Å². The molecular formula is C24H46N2. The Labute approximate surface area is 164 Å². The molecule has 3 aliphatic rings. The van der Waals surface area contributed by atoms with E-state index in [0.29, 0.717) is 0 Å². The van der Waals surface area contributed by atoms with Gasteiger partial charge in [0.1, 0.15) is 0 Å². The molecule has 0 amide bonds. The number of fused-ring (bicyclic) bond motifs is 3. The van der Waals surface area contributed by atoms with Gasteiger partial charge in [0.15, 0.2) is 0 Å². The van der Waals surface area contributed by atoms with Crippen molar-refractivity contribution in [3.8, 4) is 0 Å². The third kappa shape index (κ3) is 5.96. The van der Waals surface area contributed by atoms with E-state index in [1.165, 1.54) is 129 Å². The van der Waals surface area contributed by atoms with Crippen LogP contribution in [0.15, 0.2) is 0 Å². The lowest BCUT2D eigenvalue weighted by molar-refractivity contribution is -0.0998. The first-order valence-corrected chi connectivity index (χ1v) is 12.4. The van der Waals surface area contributed by atoms with Crippen molar-refractivity contribution in [2.24, 2.45) is 0 Å². The summed E-state index contributed by atoms with van der Waals surface area (Å²) in [5, 5.41) is 0. The van der Waals surface area contributed by atoms with Crippen molar-refractivity contribution in [3.05, 3.63) is 0 Å². The fraction of sp³-hybridized carbons (Fsp3) is 1.00. The van der Waals surface area contributed by atoms with Gasteiger partial charge in [0.2, 0.25) is 0 Å². The Hall–Kier alpha value is -0.0800. The molecule has 26 heavy (non-hydrogen) atoms. The van der Waals surface area contributed by atoms with E-state index in [1.807, 2.05) is 0 Å². The number of rotatable bonds is 11. The highest BCUT2D eigenvalue weighted by molar-refractivity contribution is 4.95. The van der Waals surface area contributed by atoms with E-state index in [1.54, 1.807) is 0 Å². The lowest BCUT2D eigenvalue weighted by Crippen LogP contribution is -2.64. The van der Waals surface area contributed by atoms with Crippen molar-refractivity contribution < 1.29 is 0 Å². The average Bonchev–Trinajstić information content (AvgIpc) is 2.69. The number of nitrogens with zero attached hydrogens (tertiary/aromatic N) is 2. The molecule has 3 fully saturated rings. The highest BCUT2D eigenvalue weighted by Gasteiger charge is 2.42. The minimum atomic E-state index is 0.816. The standard InChI is InChI=1S/C24H46N2/c1-2-3-4-5-6-7-8-9-10-11-16-22-21-23-17-12-14-19-25(23)24-18-13-15-20-26(22)24/h22-24H,2-21H2,1H3/t22-,23-,24+/m1/s1. The van der Waals surface area contributed by atoms with E-state index in [-0.39, 0.29) is 0 Å². The summed E-state index contributed by atoms with van der Waals surface area (Å²) in [5.41, 5.74) is 0. The van der Waals surface area contributed by atoms with Gasteiger partial charge in [0, 0.05) is 12.1 Å². The first-order chi connectivity index (χ1) is 12.9. The molecule has 0 aliphatic carbocycles. The molecule has 0 radical (unpaired) electrons. The fourth-order valence-corrected chi connectivity index (χ4v) is 5.99. The highest BCUT2D eigenvalue weighted by atomic mass is 15.4. The summed E-state index contributed by atoms with van der Waals surface area (Å²) >= 11 is 0. The molecule has 3 heterocycles. The highest BCUT2D eigenvalue weighted by Crippen LogP contribution is 2.37. The predicted molar refractivity (Wildman–Crippen MR) is 114 cm³/mol. The minimum absolute atomic E-state index is 0.816. The number of hydrogen-bond donors (Lipinski definition) is 0. The van der Waals surface area contributed by atoms with Gasteiger partial charge in [-0.25, -0.2) is 0 Å². The van der Waals surface area contributed by atoms with E-state index in [0.717, 1.165) is 18.2 Å². The Morgan fingerprint density at radius 1 is 0.654 bits per heavy atom. The number of unbranched alkanes of at least 4 members (excludes halogenated alkanes) is 9. The van der Waals surface area contributed by atoms with Gasteiger partial charge in [-0.05, 0) is 58.0 Å². The third-order valence-electron chi connectivity index (χ3n) is 7.47. The van der Waals surface area contributed by atoms with Gasteiger partial charge in [-0.15, -0.1) is 0 Å². The Balaban J connectivity index is 1.31. The Bertz CT molecular complexity index is 369. The summed E-state index contributed by atoms with van der Waals surface area (Å²) < 4.78 is 0. The van der Waals surface area contributed by atoms with E-state index in [9.17, 15) is 0 Å². The Morgan fingerprint density at radius 3 is 2.00 bits per heavy atom. The molecule has 2 nitrogen and oxygen atoms in total. The zero-order valence-electron chi connectivity index (χ0n) is 17.8. The summed E-state index contributed by atoms with van der Waals surface area (Å²) in [6.45, 7) is 5.08. The second-order valence-corrected chi connectivity index (χ2v) is 9.46. The molecule has 2 heteroatoms. The van der Waals surface area contributed by atoms with E-state index in [2.05, 4.69) is 16.7 Å². The van der Waals surface area contributed by atoms with Crippen LogP contribution < -0.4 is 0 Å². The third-order valence-corrected chi connectivity index (χ3v) is 7.47. The zero-order valence-corrected chi connectivity index (χ0v) is 17.8. The molecule has 0 aromatic carbocycles. The average molecular weight is 363 g/mol. The number of hydrogen-bond acceptors (Lipinski definition) is 2. The molecule has 3 saturated heterocycles. The van der Waals surface area contributed by atoms with E-state index < -0.39 is 0 Å². The molecule has 0 saturated carbocycles. The molecule has 0 bridgehead atoms. The monoisotopic (exact) mass is 362 g/mol. The smallest absolute Gasteiger partial charge is 0.0627 e. The maximum absolute atomic E-state index is 2.94. The van der Waals surface area contributed by atoms with Crippen LogP contribution in [0.3, 0.4) is 0 Å². The largest absolute Gasteiger partial charge is 0.285 e. The van der Waals surface area contributed by atoms with Crippen LogP contribution in [0.2, 0.25) is 0 Å². The maximum Gasteiger partial charge on any atom is 0.0627 e. The molecule has 0 N–H and O–H groups in total. The van der Waals surface area contributed by atoms with E-state index in [4.69, 9.17) is 0 Å². The van der Waals surface area contributed by atoms with Gasteiger partial charge in [0.25, 0.3) is 0 Å². The van der Waals surface area contributed by atoms with Gasteiger partial charge in [-0.3, -0.25) is 9.80 Å². The normalized spacial score (nSPS) is 30.1. The quantitative estimate of drug-likeness (QED) is 0.376. The molecule has 3 rings (SSSR count). The molecule has 0 unspecified atom stereocenters. The van der Waals surface area contributed by atoms with E-state index >= 15 is 0 Å². The zero-order chi connectivity index (χ0) is 18.0. The van der Waals surface area contributed by atoms with Gasteiger partial charge in [0.05, 0.1) is 6.17 Å². The summed E-state index contributed by atoms with van der Waals surface area (Å²) in [6, 6.07) is 1.84.